The van der Waals surface area contributed by atoms with E-state index in [0.717, 1.165) is 24.1 Å². The summed E-state index contributed by atoms with van der Waals surface area (Å²) in [6, 6.07) is 3.91. The summed E-state index contributed by atoms with van der Waals surface area (Å²) in [4.78, 5) is 16.0. The van der Waals surface area contributed by atoms with Crippen LogP contribution < -0.4 is 5.32 Å². The molecule has 0 atom stereocenters. The third kappa shape index (κ3) is 5.80. The summed E-state index contributed by atoms with van der Waals surface area (Å²) in [5.74, 6) is 0.745. The Kier molecular flexibility index (Phi) is 6.40. The molecule has 3 heteroatoms. The monoisotopic (exact) mass is 248 g/mol. The fraction of sp³-hybridized carbons (Fsp3) is 0.600. The second-order valence-corrected chi connectivity index (χ2v) is 4.88. The van der Waals surface area contributed by atoms with E-state index in [4.69, 9.17) is 0 Å². The molecule has 1 heterocycles. The molecule has 0 radical (unpaired) electrons. The van der Waals surface area contributed by atoms with E-state index in [1.54, 1.807) is 0 Å². The molecule has 1 aromatic rings. The van der Waals surface area contributed by atoms with Crippen LogP contribution in [0, 0.1) is 13.8 Å². The number of carbonyl (C=O) groups is 1. The van der Waals surface area contributed by atoms with Gasteiger partial charge in [0.1, 0.15) is 5.82 Å². The largest absolute Gasteiger partial charge is 0.311 e. The van der Waals surface area contributed by atoms with Crippen molar-refractivity contribution < 1.29 is 4.79 Å². The van der Waals surface area contributed by atoms with E-state index >= 15 is 0 Å². The highest BCUT2D eigenvalue weighted by Gasteiger charge is 2.04. The molecule has 0 saturated heterocycles. The van der Waals surface area contributed by atoms with Gasteiger partial charge in [-0.15, -0.1) is 0 Å². The Hall–Kier alpha value is -1.38. The molecule has 18 heavy (non-hydrogen) atoms. The van der Waals surface area contributed by atoms with E-state index in [-0.39, 0.29) is 5.91 Å². The van der Waals surface area contributed by atoms with Crippen molar-refractivity contribution in [2.24, 2.45) is 0 Å². The molecule has 1 aromatic heterocycles. The fourth-order valence-corrected chi connectivity index (χ4v) is 2.00. The smallest absolute Gasteiger partial charge is 0.225 e. The Morgan fingerprint density at radius 3 is 2.56 bits per heavy atom. The highest BCUT2D eigenvalue weighted by Crippen LogP contribution is 2.10. The van der Waals surface area contributed by atoms with Gasteiger partial charge in [-0.3, -0.25) is 4.79 Å². The molecule has 0 aliphatic carbocycles. The maximum atomic E-state index is 11.7. The summed E-state index contributed by atoms with van der Waals surface area (Å²) in [6.45, 7) is 6.14. The van der Waals surface area contributed by atoms with Crippen LogP contribution in [0.2, 0.25) is 0 Å². The second-order valence-electron chi connectivity index (χ2n) is 4.88. The summed E-state index contributed by atoms with van der Waals surface area (Å²) >= 11 is 0. The molecule has 0 aliphatic rings. The quantitative estimate of drug-likeness (QED) is 0.741. The van der Waals surface area contributed by atoms with Crippen LogP contribution in [-0.2, 0) is 4.79 Å². The van der Waals surface area contributed by atoms with E-state index < -0.39 is 0 Å². The Balaban J connectivity index is 2.31. The van der Waals surface area contributed by atoms with Gasteiger partial charge in [0, 0.05) is 12.1 Å². The molecular formula is C15H24N2O. The molecule has 0 saturated carbocycles. The van der Waals surface area contributed by atoms with Crippen molar-refractivity contribution in [3.05, 3.63) is 23.4 Å². The first-order chi connectivity index (χ1) is 8.61. The van der Waals surface area contributed by atoms with E-state index in [9.17, 15) is 4.79 Å². The maximum absolute atomic E-state index is 11.7. The summed E-state index contributed by atoms with van der Waals surface area (Å²) in [5.41, 5.74) is 2.06. The molecule has 0 aromatic carbocycles. The lowest BCUT2D eigenvalue weighted by molar-refractivity contribution is -0.116. The Labute approximate surface area is 110 Å². The van der Waals surface area contributed by atoms with Crippen LogP contribution in [0.5, 0.6) is 0 Å². The molecule has 100 valence electrons. The third-order valence-corrected chi connectivity index (χ3v) is 2.87. The summed E-state index contributed by atoms with van der Waals surface area (Å²) < 4.78 is 0. The topological polar surface area (TPSA) is 42.0 Å². The Morgan fingerprint density at radius 1 is 1.17 bits per heavy atom. The van der Waals surface area contributed by atoms with Crippen molar-refractivity contribution >= 4 is 11.7 Å². The molecule has 3 nitrogen and oxygen atoms in total. The molecule has 0 unspecified atom stereocenters. The lowest BCUT2D eigenvalue weighted by Gasteiger charge is -2.06. The number of aromatic nitrogens is 1. The summed E-state index contributed by atoms with van der Waals surface area (Å²) in [6.07, 6.45) is 6.43. The van der Waals surface area contributed by atoms with E-state index in [2.05, 4.69) is 17.2 Å². The van der Waals surface area contributed by atoms with Crippen LogP contribution in [0.4, 0.5) is 5.82 Å². The van der Waals surface area contributed by atoms with Gasteiger partial charge in [0.05, 0.1) is 0 Å². The number of nitrogens with zero attached hydrogens (tertiary/aromatic N) is 1. The second kappa shape index (κ2) is 7.85. The number of hydrogen-bond donors (Lipinski definition) is 1. The van der Waals surface area contributed by atoms with Crippen molar-refractivity contribution in [1.29, 1.82) is 0 Å². The number of hydrogen-bond acceptors (Lipinski definition) is 2. The minimum absolute atomic E-state index is 0.0731. The molecule has 1 N–H and O–H groups in total. The maximum Gasteiger partial charge on any atom is 0.225 e. The van der Waals surface area contributed by atoms with Gasteiger partial charge in [-0.2, -0.15) is 0 Å². The van der Waals surface area contributed by atoms with Crippen LogP contribution in [-0.4, -0.2) is 10.9 Å². The fourth-order valence-electron chi connectivity index (χ4n) is 2.00. The van der Waals surface area contributed by atoms with Gasteiger partial charge in [-0.25, -0.2) is 4.98 Å². The predicted octanol–water partition coefficient (Wildman–Crippen LogP) is 4.00. The van der Waals surface area contributed by atoms with E-state index in [1.165, 1.54) is 19.3 Å². The van der Waals surface area contributed by atoms with Gasteiger partial charge < -0.3 is 5.32 Å². The lowest BCUT2D eigenvalue weighted by Crippen LogP contribution is -2.12. The number of rotatable bonds is 7. The van der Waals surface area contributed by atoms with Crippen LogP contribution in [0.15, 0.2) is 12.1 Å². The van der Waals surface area contributed by atoms with Gasteiger partial charge in [-0.1, -0.05) is 32.6 Å². The average molecular weight is 248 g/mol. The highest BCUT2D eigenvalue weighted by molar-refractivity contribution is 5.89. The van der Waals surface area contributed by atoms with Gasteiger partial charge in [-0.05, 0) is 38.0 Å². The minimum atomic E-state index is 0.0731. The number of amides is 1. The number of carbonyl (C=O) groups excluding carboxylic acids is 1. The molecule has 0 bridgehead atoms. The first-order valence-electron chi connectivity index (χ1n) is 6.87. The molecule has 1 amide bonds. The van der Waals surface area contributed by atoms with E-state index in [0.29, 0.717) is 12.2 Å². The first-order valence-corrected chi connectivity index (χ1v) is 6.87. The van der Waals surface area contributed by atoms with Crippen molar-refractivity contribution in [3.8, 4) is 0 Å². The highest BCUT2D eigenvalue weighted by atomic mass is 16.1. The van der Waals surface area contributed by atoms with Crippen LogP contribution in [0.3, 0.4) is 0 Å². The zero-order chi connectivity index (χ0) is 13.4. The van der Waals surface area contributed by atoms with Gasteiger partial charge in [0.15, 0.2) is 0 Å². The number of aryl methyl sites for hydroxylation is 2. The van der Waals surface area contributed by atoms with Crippen LogP contribution >= 0.6 is 0 Å². The molecule has 0 aliphatic heterocycles. The van der Waals surface area contributed by atoms with Crippen molar-refractivity contribution in [2.45, 2.75) is 59.3 Å². The van der Waals surface area contributed by atoms with Crippen molar-refractivity contribution in [2.75, 3.05) is 5.32 Å². The summed E-state index contributed by atoms with van der Waals surface area (Å²) in [7, 11) is 0. The normalized spacial score (nSPS) is 10.4. The molecule has 1 rings (SSSR count). The number of anilines is 1. The predicted molar refractivity (Wildman–Crippen MR) is 75.7 cm³/mol. The van der Waals surface area contributed by atoms with Crippen LogP contribution in [0.25, 0.3) is 0 Å². The summed E-state index contributed by atoms with van der Waals surface area (Å²) in [5, 5.41) is 2.86. The number of nitrogens with one attached hydrogen (secondary N) is 1. The zero-order valence-corrected chi connectivity index (χ0v) is 11.8. The van der Waals surface area contributed by atoms with Crippen molar-refractivity contribution in [3.63, 3.8) is 0 Å². The third-order valence-electron chi connectivity index (χ3n) is 2.87. The van der Waals surface area contributed by atoms with Crippen molar-refractivity contribution in [1.82, 2.24) is 4.98 Å². The Bertz CT molecular complexity index is 368. The Morgan fingerprint density at radius 2 is 1.89 bits per heavy atom. The first kappa shape index (κ1) is 14.7. The molecular weight excluding hydrogens is 224 g/mol. The SMILES string of the molecule is CCCCCCCC(=O)Nc1cc(C)cc(C)n1. The van der Waals surface area contributed by atoms with Gasteiger partial charge in [0.25, 0.3) is 0 Å². The standard InChI is InChI=1S/C15H24N2O/c1-4-5-6-7-8-9-15(18)17-14-11-12(2)10-13(3)16-14/h10-11H,4-9H2,1-3H3,(H,16,17,18). The van der Waals surface area contributed by atoms with E-state index in [1.807, 2.05) is 26.0 Å². The van der Waals surface area contributed by atoms with Crippen LogP contribution in [0.1, 0.15) is 56.7 Å². The number of unbranched alkanes of at least 4 members (excludes halogenated alkanes) is 4. The van der Waals surface area contributed by atoms with Gasteiger partial charge in [0.2, 0.25) is 5.91 Å². The molecule has 0 fully saturated rings. The average Bonchev–Trinajstić information content (AvgIpc) is 2.27. The molecule has 0 spiro atoms. The minimum Gasteiger partial charge on any atom is -0.311 e. The van der Waals surface area contributed by atoms with Gasteiger partial charge >= 0.3 is 0 Å². The number of pyridine rings is 1. The zero-order valence-electron chi connectivity index (χ0n) is 11.8. The lowest BCUT2D eigenvalue weighted by atomic mass is 10.1.